The second-order valence-corrected chi connectivity index (χ2v) is 10.4. The summed E-state index contributed by atoms with van der Waals surface area (Å²) in [5, 5.41) is 4.74. The highest BCUT2D eigenvalue weighted by Gasteiger charge is 2.29. The van der Waals surface area contributed by atoms with E-state index in [9.17, 15) is 9.59 Å². The predicted octanol–water partition coefficient (Wildman–Crippen LogP) is 7.71. The number of anilines is 1. The minimum absolute atomic E-state index is 0.224. The molecule has 0 saturated carbocycles. The Hall–Kier alpha value is -2.93. The van der Waals surface area contributed by atoms with Crippen LogP contribution in [-0.4, -0.2) is 27.0 Å². The maximum absolute atomic E-state index is 13.1. The molecule has 0 spiro atoms. The molecule has 6 nitrogen and oxygen atoms in total. The lowest BCUT2D eigenvalue weighted by molar-refractivity contribution is -0.115. The number of hydrogen-bond acceptors (Lipinski definition) is 5. The first-order valence-electron chi connectivity index (χ1n) is 12.8. The van der Waals surface area contributed by atoms with Gasteiger partial charge in [0.1, 0.15) is 11.4 Å². The van der Waals surface area contributed by atoms with Gasteiger partial charge in [-0.15, -0.1) is 11.3 Å². The maximum Gasteiger partial charge on any atom is 0.359 e. The smallest absolute Gasteiger partial charge is 0.359 e. The van der Waals surface area contributed by atoms with Crippen LogP contribution in [0.5, 0.6) is 0 Å². The largest absolute Gasteiger partial charge is 0.455 e. The topological polar surface area (TPSA) is 73.2 Å². The molecule has 3 aromatic rings. The van der Waals surface area contributed by atoms with Gasteiger partial charge in [0.2, 0.25) is 5.91 Å². The summed E-state index contributed by atoms with van der Waals surface area (Å²) in [6, 6.07) is 13.3. The molecule has 198 valence electrons. The van der Waals surface area contributed by atoms with Gasteiger partial charge >= 0.3 is 5.97 Å². The van der Waals surface area contributed by atoms with Crippen molar-refractivity contribution in [3.05, 3.63) is 64.2 Å². The Kier molecular flexibility index (Phi) is 13.2. The molecule has 0 aliphatic heterocycles. The van der Waals surface area contributed by atoms with Crippen molar-refractivity contribution in [3.63, 3.8) is 0 Å². The number of para-hydroxylation sites is 1. The van der Waals surface area contributed by atoms with Crippen LogP contribution >= 0.6 is 11.3 Å². The third-order valence-corrected chi connectivity index (χ3v) is 5.74. The zero-order valence-corrected chi connectivity index (χ0v) is 24.2. The molecule has 0 bridgehead atoms. The molecule has 1 N–H and O–H groups in total. The number of ether oxygens (including phenoxy) is 1. The molecule has 0 unspecified atom stereocenters. The number of benzene rings is 1. The van der Waals surface area contributed by atoms with Gasteiger partial charge in [0.15, 0.2) is 11.5 Å². The zero-order valence-electron chi connectivity index (χ0n) is 23.3. The number of nitrogens with zero attached hydrogens (tertiary/aromatic N) is 2. The lowest BCUT2D eigenvalue weighted by Gasteiger charge is -2.20. The normalized spacial score (nSPS) is 10.6. The summed E-state index contributed by atoms with van der Waals surface area (Å²) in [4.78, 5) is 31.2. The average Bonchev–Trinajstić information content (AvgIpc) is 3.47. The SMILES string of the molecule is CC.CCC(C)C.CCc1nc(NC(=O)Cc2cccs2)c(C(=O)OC(C)(C)C)n1-c1ccccc1. The van der Waals surface area contributed by atoms with Crippen LogP contribution in [0.2, 0.25) is 0 Å². The molecule has 0 fully saturated rings. The van der Waals surface area contributed by atoms with E-state index in [-0.39, 0.29) is 23.8 Å². The van der Waals surface area contributed by atoms with Crippen LogP contribution in [0.4, 0.5) is 5.82 Å². The highest BCUT2D eigenvalue weighted by Crippen LogP contribution is 2.26. The average molecular weight is 514 g/mol. The van der Waals surface area contributed by atoms with E-state index >= 15 is 0 Å². The standard InChI is InChI=1S/C22H25N3O3S.C5H12.C2H6/c1-5-17-23-20(24-18(26)14-16-12-9-13-29-16)19(21(27)28-22(2,3)4)25(17)15-10-7-6-8-11-15;1-4-5(2)3;1-2/h6-13H,5,14H2,1-4H3,(H,24,26);5H,4H2,1-3H3;1-2H3. The number of hydrogen-bond donors (Lipinski definition) is 1. The Morgan fingerprint density at radius 3 is 2.14 bits per heavy atom. The molecule has 1 aromatic carbocycles. The van der Waals surface area contributed by atoms with Gasteiger partial charge in [0.25, 0.3) is 0 Å². The van der Waals surface area contributed by atoms with Gasteiger partial charge in [-0.1, -0.05) is 72.2 Å². The summed E-state index contributed by atoms with van der Waals surface area (Å²) >= 11 is 1.51. The fraction of sp³-hybridized carbons (Fsp3) is 0.483. The number of aryl methyl sites for hydroxylation is 1. The summed E-state index contributed by atoms with van der Waals surface area (Å²) in [6.07, 6.45) is 2.12. The van der Waals surface area contributed by atoms with Crippen LogP contribution in [0.3, 0.4) is 0 Å². The van der Waals surface area contributed by atoms with Crippen LogP contribution in [0.1, 0.15) is 89.9 Å². The summed E-state index contributed by atoms with van der Waals surface area (Å²) in [6.45, 7) is 18.0. The number of aromatic nitrogens is 2. The number of thiophene rings is 1. The van der Waals surface area contributed by atoms with Crippen molar-refractivity contribution in [1.82, 2.24) is 9.55 Å². The molecule has 0 atom stereocenters. The van der Waals surface area contributed by atoms with Crippen LogP contribution in [0.25, 0.3) is 5.69 Å². The number of nitrogens with one attached hydrogen (secondary N) is 1. The van der Waals surface area contributed by atoms with Crippen LogP contribution in [-0.2, 0) is 22.4 Å². The van der Waals surface area contributed by atoms with Gasteiger partial charge < -0.3 is 10.1 Å². The number of esters is 1. The summed E-state index contributed by atoms with van der Waals surface area (Å²) in [5.74, 6) is 1.03. The molecule has 1 amide bonds. The molecule has 0 radical (unpaired) electrons. The van der Waals surface area contributed by atoms with Crippen molar-refractivity contribution in [2.75, 3.05) is 5.32 Å². The number of rotatable bonds is 7. The van der Waals surface area contributed by atoms with E-state index in [1.54, 1.807) is 4.57 Å². The predicted molar refractivity (Wildman–Crippen MR) is 151 cm³/mol. The molecule has 0 aliphatic carbocycles. The number of carbonyl (C=O) groups excluding carboxylic acids is 2. The first-order valence-corrected chi connectivity index (χ1v) is 13.7. The molecule has 2 aromatic heterocycles. The lowest BCUT2D eigenvalue weighted by atomic mass is 10.2. The Labute approximate surface area is 221 Å². The third kappa shape index (κ3) is 9.97. The van der Waals surface area contributed by atoms with Crippen molar-refractivity contribution in [3.8, 4) is 5.69 Å². The lowest BCUT2D eigenvalue weighted by Crippen LogP contribution is -2.26. The van der Waals surface area contributed by atoms with Gasteiger partial charge in [-0.25, -0.2) is 9.78 Å². The van der Waals surface area contributed by atoms with Gasteiger partial charge in [-0.05, 0) is 50.3 Å². The Balaban J connectivity index is 0.000000826. The number of carbonyl (C=O) groups is 2. The first-order chi connectivity index (χ1) is 17.1. The van der Waals surface area contributed by atoms with Crippen LogP contribution in [0, 0.1) is 5.92 Å². The van der Waals surface area contributed by atoms with Crippen molar-refractivity contribution in [1.29, 1.82) is 0 Å². The Morgan fingerprint density at radius 1 is 1.06 bits per heavy atom. The Morgan fingerprint density at radius 2 is 1.67 bits per heavy atom. The minimum atomic E-state index is -0.673. The first kappa shape index (κ1) is 31.1. The van der Waals surface area contributed by atoms with E-state index in [1.807, 2.05) is 89.4 Å². The van der Waals surface area contributed by atoms with Crippen LogP contribution in [0.15, 0.2) is 47.8 Å². The highest BCUT2D eigenvalue weighted by molar-refractivity contribution is 7.10. The third-order valence-electron chi connectivity index (χ3n) is 4.86. The van der Waals surface area contributed by atoms with E-state index < -0.39 is 11.6 Å². The van der Waals surface area contributed by atoms with E-state index in [0.29, 0.717) is 12.2 Å². The van der Waals surface area contributed by atoms with Gasteiger partial charge in [0.05, 0.1) is 6.42 Å². The van der Waals surface area contributed by atoms with Crippen molar-refractivity contribution in [2.45, 2.75) is 87.2 Å². The molecular formula is C29H43N3O3S. The molecule has 36 heavy (non-hydrogen) atoms. The van der Waals surface area contributed by atoms with E-state index in [0.717, 1.165) is 16.5 Å². The van der Waals surface area contributed by atoms with E-state index in [2.05, 4.69) is 31.1 Å². The van der Waals surface area contributed by atoms with Crippen LogP contribution < -0.4 is 5.32 Å². The number of amides is 1. The second-order valence-electron chi connectivity index (χ2n) is 9.36. The number of imidazole rings is 1. The fourth-order valence-electron chi connectivity index (χ4n) is 2.91. The van der Waals surface area contributed by atoms with E-state index in [1.165, 1.54) is 17.8 Å². The molecule has 0 saturated heterocycles. The maximum atomic E-state index is 13.1. The molecular weight excluding hydrogens is 470 g/mol. The van der Waals surface area contributed by atoms with Gasteiger partial charge in [-0.2, -0.15) is 0 Å². The quantitative estimate of drug-likeness (QED) is 0.328. The molecule has 2 heterocycles. The monoisotopic (exact) mass is 513 g/mol. The van der Waals surface area contributed by atoms with Gasteiger partial charge in [0, 0.05) is 17.0 Å². The molecule has 7 heteroatoms. The second kappa shape index (κ2) is 15.2. The zero-order chi connectivity index (χ0) is 27.3. The Bertz CT molecular complexity index is 1050. The van der Waals surface area contributed by atoms with E-state index in [4.69, 9.17) is 4.74 Å². The minimum Gasteiger partial charge on any atom is -0.455 e. The van der Waals surface area contributed by atoms with Gasteiger partial charge in [-0.3, -0.25) is 9.36 Å². The highest BCUT2D eigenvalue weighted by atomic mass is 32.1. The fourth-order valence-corrected chi connectivity index (χ4v) is 3.61. The summed E-state index contributed by atoms with van der Waals surface area (Å²) < 4.78 is 7.38. The van der Waals surface area contributed by atoms with Crippen molar-refractivity contribution >= 4 is 29.0 Å². The van der Waals surface area contributed by atoms with Crippen molar-refractivity contribution in [2.24, 2.45) is 5.92 Å². The molecule has 3 rings (SSSR count). The van der Waals surface area contributed by atoms with Crippen molar-refractivity contribution < 1.29 is 14.3 Å². The summed E-state index contributed by atoms with van der Waals surface area (Å²) in [5.41, 5.74) is 0.340. The summed E-state index contributed by atoms with van der Waals surface area (Å²) in [7, 11) is 0. The molecule has 0 aliphatic rings.